The summed E-state index contributed by atoms with van der Waals surface area (Å²) in [6.07, 6.45) is -1.78. The monoisotopic (exact) mass is 560 g/mol. The molecule has 12 nitrogen and oxygen atoms in total. The first-order valence-electron chi connectivity index (χ1n) is 11.2. The summed E-state index contributed by atoms with van der Waals surface area (Å²) in [6.45, 7) is 1.37. The Balaban J connectivity index is 1.76. The first kappa shape index (κ1) is 27.4. The van der Waals surface area contributed by atoms with E-state index in [2.05, 4.69) is 41.1 Å². The molecule has 39 heavy (non-hydrogen) atoms. The van der Waals surface area contributed by atoms with E-state index in [1.165, 1.54) is 25.4 Å². The van der Waals surface area contributed by atoms with Crippen molar-refractivity contribution in [3.8, 4) is 5.82 Å². The van der Waals surface area contributed by atoms with E-state index in [4.69, 9.17) is 11.6 Å². The molecule has 16 heteroatoms. The standard InChI is InChI=1S/C23H20ClF3N10O2/c1-12-7-13(10-28-2)8-15(20(38)29-3)18(12)31-21(39)17-9-14(11-36-34-22(32-35-36)23(25,26)27)33-37(17)19-16(24)5-4-6-30-19/h4-10H,11H2,1-3H3,(H,29,38)(H,31,39). The van der Waals surface area contributed by atoms with E-state index in [9.17, 15) is 22.8 Å². The topological polar surface area (TPSA) is 145 Å². The summed E-state index contributed by atoms with van der Waals surface area (Å²) in [7, 11) is 3.04. The molecule has 4 aromatic rings. The molecule has 3 aromatic heterocycles. The highest BCUT2D eigenvalue weighted by Crippen LogP contribution is 2.26. The predicted molar refractivity (Wildman–Crippen MR) is 134 cm³/mol. The molecule has 0 spiro atoms. The number of pyridine rings is 1. The fourth-order valence-corrected chi connectivity index (χ4v) is 3.83. The number of rotatable bonds is 7. The van der Waals surface area contributed by atoms with Crippen LogP contribution in [0.15, 0.2) is 41.5 Å². The Labute approximate surface area is 223 Å². The number of nitrogens with zero attached hydrogens (tertiary/aromatic N) is 8. The van der Waals surface area contributed by atoms with E-state index in [1.54, 1.807) is 38.4 Å². The smallest absolute Gasteiger partial charge is 0.355 e. The Morgan fingerprint density at radius 3 is 2.59 bits per heavy atom. The average molecular weight is 561 g/mol. The van der Waals surface area contributed by atoms with Crippen LogP contribution in [-0.2, 0) is 12.7 Å². The number of carbonyl (C=O) groups excluding carboxylic acids is 2. The van der Waals surface area contributed by atoms with Crippen molar-refractivity contribution in [2.24, 2.45) is 4.99 Å². The van der Waals surface area contributed by atoms with Crippen molar-refractivity contribution in [2.75, 3.05) is 19.4 Å². The first-order chi connectivity index (χ1) is 18.5. The van der Waals surface area contributed by atoms with Crippen LogP contribution in [0.2, 0.25) is 5.02 Å². The number of hydrogen-bond acceptors (Lipinski definition) is 8. The Kier molecular flexibility index (Phi) is 7.71. The summed E-state index contributed by atoms with van der Waals surface area (Å²) in [6, 6.07) is 7.74. The highest BCUT2D eigenvalue weighted by molar-refractivity contribution is 6.32. The lowest BCUT2D eigenvalue weighted by atomic mass is 10.0. The molecule has 3 heterocycles. The Morgan fingerprint density at radius 2 is 1.95 bits per heavy atom. The van der Waals surface area contributed by atoms with Crippen LogP contribution in [0.3, 0.4) is 0 Å². The van der Waals surface area contributed by atoms with E-state index in [-0.39, 0.29) is 40.0 Å². The van der Waals surface area contributed by atoms with E-state index < -0.39 is 23.8 Å². The quantitative estimate of drug-likeness (QED) is 0.331. The molecule has 0 aliphatic heterocycles. The zero-order chi connectivity index (χ0) is 28.3. The number of aliphatic imine (C=N–C) groups is 1. The van der Waals surface area contributed by atoms with Crippen molar-refractivity contribution in [2.45, 2.75) is 19.6 Å². The molecule has 0 radical (unpaired) electrons. The number of halogens is 4. The van der Waals surface area contributed by atoms with Crippen LogP contribution in [0.1, 0.15) is 43.5 Å². The van der Waals surface area contributed by atoms with Crippen LogP contribution >= 0.6 is 11.6 Å². The summed E-state index contributed by atoms with van der Waals surface area (Å²) in [4.78, 5) is 35.0. The second-order valence-electron chi connectivity index (χ2n) is 8.06. The number of anilines is 1. The molecular formula is C23H20ClF3N10O2. The minimum absolute atomic E-state index is 0.0665. The van der Waals surface area contributed by atoms with Gasteiger partial charge in [0.1, 0.15) is 12.2 Å². The number of tetrazole rings is 1. The molecule has 1 aromatic carbocycles. The van der Waals surface area contributed by atoms with Gasteiger partial charge in [-0.3, -0.25) is 14.6 Å². The number of amides is 2. The number of nitrogens with one attached hydrogen (secondary N) is 2. The summed E-state index contributed by atoms with van der Waals surface area (Å²) in [5.74, 6) is -2.46. The lowest BCUT2D eigenvalue weighted by molar-refractivity contribution is -0.145. The molecule has 0 saturated heterocycles. The van der Waals surface area contributed by atoms with Gasteiger partial charge in [-0.05, 0) is 53.6 Å². The van der Waals surface area contributed by atoms with Crippen molar-refractivity contribution in [1.29, 1.82) is 0 Å². The molecule has 0 bridgehead atoms. The van der Waals surface area contributed by atoms with Crippen molar-refractivity contribution in [3.05, 3.63) is 75.5 Å². The summed E-state index contributed by atoms with van der Waals surface area (Å²) in [5, 5.41) is 19.5. The summed E-state index contributed by atoms with van der Waals surface area (Å²) in [5.41, 5.74) is 1.70. The molecule has 0 atom stereocenters. The fourth-order valence-electron chi connectivity index (χ4n) is 3.63. The zero-order valence-electron chi connectivity index (χ0n) is 20.7. The molecule has 0 saturated carbocycles. The van der Waals surface area contributed by atoms with Gasteiger partial charge in [-0.2, -0.15) is 23.1 Å². The van der Waals surface area contributed by atoms with Crippen molar-refractivity contribution < 1.29 is 22.8 Å². The SMILES string of the molecule is CN=Cc1cc(C)c(NC(=O)c2cc(Cn3nnc(C(F)(F)F)n3)nn2-c2ncccc2Cl)c(C(=O)NC)c1. The van der Waals surface area contributed by atoms with Crippen LogP contribution in [0.4, 0.5) is 18.9 Å². The minimum Gasteiger partial charge on any atom is -0.355 e. The Morgan fingerprint density at radius 1 is 1.18 bits per heavy atom. The lowest BCUT2D eigenvalue weighted by Crippen LogP contribution is -2.24. The molecule has 0 aliphatic carbocycles. The average Bonchev–Trinajstić information content (AvgIpc) is 3.53. The predicted octanol–water partition coefficient (Wildman–Crippen LogP) is 2.94. The van der Waals surface area contributed by atoms with Gasteiger partial charge in [0.2, 0.25) is 0 Å². The van der Waals surface area contributed by atoms with Crippen LogP contribution < -0.4 is 10.6 Å². The van der Waals surface area contributed by atoms with Crippen molar-refractivity contribution in [1.82, 2.24) is 40.3 Å². The third-order valence-corrected chi connectivity index (χ3v) is 5.58. The van der Waals surface area contributed by atoms with Gasteiger partial charge in [-0.15, -0.1) is 10.2 Å². The molecule has 202 valence electrons. The van der Waals surface area contributed by atoms with Crippen LogP contribution in [0, 0.1) is 6.92 Å². The summed E-state index contributed by atoms with van der Waals surface area (Å²) < 4.78 is 39.8. The van der Waals surface area contributed by atoms with Crippen LogP contribution in [0.25, 0.3) is 5.82 Å². The number of aromatic nitrogens is 7. The van der Waals surface area contributed by atoms with E-state index in [1.807, 2.05) is 0 Å². The lowest BCUT2D eigenvalue weighted by Gasteiger charge is -2.15. The number of aryl methyl sites for hydroxylation is 1. The van der Waals surface area contributed by atoms with Gasteiger partial charge < -0.3 is 10.6 Å². The maximum Gasteiger partial charge on any atom is 0.455 e. The highest BCUT2D eigenvalue weighted by Gasteiger charge is 2.37. The second-order valence-corrected chi connectivity index (χ2v) is 8.47. The van der Waals surface area contributed by atoms with Crippen molar-refractivity contribution >= 4 is 35.3 Å². The Hall–Kier alpha value is -4.66. The normalized spacial score (nSPS) is 11.7. The fraction of sp³-hybridized carbons (Fsp3) is 0.217. The first-order valence-corrected chi connectivity index (χ1v) is 11.5. The van der Waals surface area contributed by atoms with Gasteiger partial charge >= 0.3 is 6.18 Å². The minimum atomic E-state index is -4.77. The van der Waals surface area contributed by atoms with Gasteiger partial charge in [-0.25, -0.2) is 9.67 Å². The second kappa shape index (κ2) is 11.0. The number of benzene rings is 1. The number of hydrogen-bond donors (Lipinski definition) is 2. The molecule has 2 amide bonds. The largest absolute Gasteiger partial charge is 0.455 e. The maximum atomic E-state index is 13.5. The van der Waals surface area contributed by atoms with Crippen LogP contribution in [0.5, 0.6) is 0 Å². The van der Waals surface area contributed by atoms with Gasteiger partial charge in [0, 0.05) is 26.5 Å². The molecular weight excluding hydrogens is 541 g/mol. The molecule has 4 rings (SSSR count). The van der Waals surface area contributed by atoms with E-state index in [0.717, 1.165) is 4.68 Å². The molecule has 0 aliphatic rings. The van der Waals surface area contributed by atoms with E-state index >= 15 is 0 Å². The number of carbonyl (C=O) groups is 2. The van der Waals surface area contributed by atoms with Gasteiger partial charge in [0.05, 0.1) is 22.0 Å². The molecule has 0 unspecified atom stereocenters. The highest BCUT2D eigenvalue weighted by atomic mass is 35.5. The van der Waals surface area contributed by atoms with Gasteiger partial charge in [0.25, 0.3) is 17.6 Å². The third-order valence-electron chi connectivity index (χ3n) is 5.29. The Bertz CT molecular complexity index is 1580. The van der Waals surface area contributed by atoms with Crippen molar-refractivity contribution in [3.63, 3.8) is 0 Å². The molecule has 2 N–H and O–H groups in total. The summed E-state index contributed by atoms with van der Waals surface area (Å²) >= 11 is 6.29. The molecule has 0 fully saturated rings. The number of alkyl halides is 3. The van der Waals surface area contributed by atoms with Gasteiger partial charge in [-0.1, -0.05) is 11.6 Å². The maximum absolute atomic E-state index is 13.5. The third kappa shape index (κ3) is 5.93. The van der Waals surface area contributed by atoms with Crippen LogP contribution in [-0.4, -0.2) is 67.1 Å². The zero-order valence-corrected chi connectivity index (χ0v) is 21.4. The van der Waals surface area contributed by atoms with Gasteiger partial charge in [0.15, 0.2) is 5.82 Å². The van der Waals surface area contributed by atoms with E-state index in [0.29, 0.717) is 15.9 Å².